The number of aliphatic hydroxyl groups excluding tert-OH is 1. The van der Waals surface area contributed by atoms with E-state index in [1.807, 2.05) is 0 Å². The van der Waals surface area contributed by atoms with Crippen LogP contribution in [0, 0.1) is 0 Å². The van der Waals surface area contributed by atoms with Gasteiger partial charge in [-0.05, 0) is 25.0 Å². The molecule has 0 aliphatic heterocycles. The Labute approximate surface area is 56.7 Å². The van der Waals surface area contributed by atoms with E-state index in [0.29, 0.717) is 5.76 Å². The van der Waals surface area contributed by atoms with Crippen molar-refractivity contribution in [1.82, 2.24) is 0 Å². The SMILES string of the molecule is C=CC(O)=CCCCC. The van der Waals surface area contributed by atoms with Crippen LogP contribution in [0.4, 0.5) is 0 Å². The molecular weight excluding hydrogens is 112 g/mol. The molecule has 0 aliphatic carbocycles. The second-order valence-corrected chi connectivity index (χ2v) is 1.98. The largest absolute Gasteiger partial charge is 0.508 e. The highest BCUT2D eigenvalue weighted by molar-refractivity contribution is 5.05. The summed E-state index contributed by atoms with van der Waals surface area (Å²) in [6, 6.07) is 0. The van der Waals surface area contributed by atoms with Crippen molar-refractivity contribution in [3.05, 3.63) is 24.5 Å². The van der Waals surface area contributed by atoms with E-state index in [2.05, 4.69) is 13.5 Å². The lowest BCUT2D eigenvalue weighted by atomic mass is 10.2. The average molecular weight is 126 g/mol. The number of hydrogen-bond donors (Lipinski definition) is 1. The molecule has 0 unspecified atom stereocenters. The van der Waals surface area contributed by atoms with E-state index >= 15 is 0 Å². The molecule has 0 aliphatic rings. The summed E-state index contributed by atoms with van der Waals surface area (Å²) in [5.74, 6) is 0.295. The minimum absolute atomic E-state index is 0.295. The number of aliphatic hydroxyl groups is 1. The van der Waals surface area contributed by atoms with Crippen molar-refractivity contribution < 1.29 is 5.11 Å². The molecule has 0 rings (SSSR count). The van der Waals surface area contributed by atoms with Crippen molar-refractivity contribution in [2.45, 2.75) is 26.2 Å². The van der Waals surface area contributed by atoms with Gasteiger partial charge in [-0.2, -0.15) is 0 Å². The van der Waals surface area contributed by atoms with Crippen LogP contribution in [0.2, 0.25) is 0 Å². The van der Waals surface area contributed by atoms with Crippen LogP contribution < -0.4 is 0 Å². The molecule has 0 aromatic rings. The molecule has 0 amide bonds. The van der Waals surface area contributed by atoms with E-state index in [0.717, 1.165) is 12.8 Å². The molecule has 0 bridgehead atoms. The van der Waals surface area contributed by atoms with E-state index < -0.39 is 0 Å². The minimum atomic E-state index is 0.295. The number of hydrogen-bond acceptors (Lipinski definition) is 1. The van der Waals surface area contributed by atoms with Gasteiger partial charge in [-0.15, -0.1) is 0 Å². The van der Waals surface area contributed by atoms with Gasteiger partial charge in [0, 0.05) is 0 Å². The summed E-state index contributed by atoms with van der Waals surface area (Å²) in [5, 5.41) is 8.83. The fraction of sp³-hybridized carbons (Fsp3) is 0.500. The molecule has 0 saturated heterocycles. The monoisotopic (exact) mass is 126 g/mol. The molecule has 1 N–H and O–H groups in total. The summed E-state index contributed by atoms with van der Waals surface area (Å²) in [7, 11) is 0. The van der Waals surface area contributed by atoms with Gasteiger partial charge in [-0.25, -0.2) is 0 Å². The minimum Gasteiger partial charge on any atom is -0.508 e. The van der Waals surface area contributed by atoms with Gasteiger partial charge in [-0.1, -0.05) is 19.9 Å². The third-order valence-electron chi connectivity index (χ3n) is 1.12. The zero-order valence-corrected chi connectivity index (χ0v) is 5.93. The van der Waals surface area contributed by atoms with E-state index in [1.165, 1.54) is 12.5 Å². The zero-order chi connectivity index (χ0) is 7.11. The van der Waals surface area contributed by atoms with Crippen molar-refractivity contribution >= 4 is 0 Å². The molecule has 0 aromatic carbocycles. The van der Waals surface area contributed by atoms with Crippen molar-refractivity contribution in [3.63, 3.8) is 0 Å². The van der Waals surface area contributed by atoms with Crippen LogP contribution in [0.25, 0.3) is 0 Å². The molecule has 0 spiro atoms. The van der Waals surface area contributed by atoms with E-state index in [4.69, 9.17) is 5.11 Å². The van der Waals surface area contributed by atoms with Gasteiger partial charge in [0.15, 0.2) is 0 Å². The summed E-state index contributed by atoms with van der Waals surface area (Å²) in [5.41, 5.74) is 0. The van der Waals surface area contributed by atoms with Crippen LogP contribution in [0.1, 0.15) is 26.2 Å². The van der Waals surface area contributed by atoms with E-state index in [-0.39, 0.29) is 0 Å². The second kappa shape index (κ2) is 5.42. The smallest absolute Gasteiger partial charge is 0.111 e. The third-order valence-corrected chi connectivity index (χ3v) is 1.12. The first-order valence-electron chi connectivity index (χ1n) is 3.32. The Morgan fingerprint density at radius 2 is 2.33 bits per heavy atom. The Bertz CT molecular complexity index is 103. The maximum absolute atomic E-state index is 8.83. The number of allylic oxidation sites excluding steroid dienone is 2. The van der Waals surface area contributed by atoms with Crippen LogP contribution in [-0.2, 0) is 0 Å². The Kier molecular flexibility index (Phi) is 4.98. The molecule has 0 fully saturated rings. The first-order valence-corrected chi connectivity index (χ1v) is 3.32. The molecule has 1 heteroatoms. The zero-order valence-electron chi connectivity index (χ0n) is 5.93. The molecule has 9 heavy (non-hydrogen) atoms. The highest BCUT2D eigenvalue weighted by Crippen LogP contribution is 1.98. The van der Waals surface area contributed by atoms with E-state index in [9.17, 15) is 0 Å². The number of rotatable bonds is 4. The van der Waals surface area contributed by atoms with Gasteiger partial charge in [0.05, 0.1) is 0 Å². The second-order valence-electron chi connectivity index (χ2n) is 1.98. The van der Waals surface area contributed by atoms with Crippen molar-refractivity contribution in [2.75, 3.05) is 0 Å². The topological polar surface area (TPSA) is 20.2 Å². The van der Waals surface area contributed by atoms with Crippen LogP contribution in [0.3, 0.4) is 0 Å². The maximum Gasteiger partial charge on any atom is 0.111 e. The third kappa shape index (κ3) is 5.15. The normalized spacial score (nSPS) is 11.4. The molecule has 0 atom stereocenters. The Hall–Kier alpha value is -0.720. The summed E-state index contributed by atoms with van der Waals surface area (Å²) >= 11 is 0. The quantitative estimate of drug-likeness (QED) is 0.349. The van der Waals surface area contributed by atoms with Gasteiger partial charge in [-0.3, -0.25) is 0 Å². The lowest BCUT2D eigenvalue weighted by molar-refractivity contribution is 0.429. The summed E-state index contributed by atoms with van der Waals surface area (Å²) in [6.07, 6.45) is 6.50. The molecular formula is C8H14O. The van der Waals surface area contributed by atoms with Gasteiger partial charge in [0.1, 0.15) is 5.76 Å². The summed E-state index contributed by atoms with van der Waals surface area (Å²) < 4.78 is 0. The molecule has 0 heterocycles. The molecule has 52 valence electrons. The summed E-state index contributed by atoms with van der Waals surface area (Å²) in [4.78, 5) is 0. The van der Waals surface area contributed by atoms with Crippen molar-refractivity contribution in [1.29, 1.82) is 0 Å². The lowest BCUT2D eigenvalue weighted by Gasteiger charge is -1.89. The van der Waals surface area contributed by atoms with Crippen molar-refractivity contribution in [2.24, 2.45) is 0 Å². The first-order chi connectivity index (χ1) is 4.31. The van der Waals surface area contributed by atoms with Crippen LogP contribution in [0.15, 0.2) is 24.5 Å². The lowest BCUT2D eigenvalue weighted by Crippen LogP contribution is -1.73. The fourth-order valence-corrected chi connectivity index (χ4v) is 0.537. The van der Waals surface area contributed by atoms with Crippen LogP contribution in [-0.4, -0.2) is 5.11 Å². The van der Waals surface area contributed by atoms with E-state index in [1.54, 1.807) is 6.08 Å². The summed E-state index contributed by atoms with van der Waals surface area (Å²) in [6.45, 7) is 5.54. The predicted molar refractivity (Wildman–Crippen MR) is 40.4 cm³/mol. The highest BCUT2D eigenvalue weighted by Gasteiger charge is 1.81. The Balaban J connectivity index is 3.31. The first kappa shape index (κ1) is 8.28. The Morgan fingerprint density at radius 3 is 2.78 bits per heavy atom. The van der Waals surface area contributed by atoms with Gasteiger partial charge >= 0.3 is 0 Å². The van der Waals surface area contributed by atoms with Gasteiger partial charge < -0.3 is 5.11 Å². The fourth-order valence-electron chi connectivity index (χ4n) is 0.537. The molecule has 1 nitrogen and oxygen atoms in total. The average Bonchev–Trinajstić information content (AvgIpc) is 1.89. The van der Waals surface area contributed by atoms with Crippen LogP contribution >= 0.6 is 0 Å². The van der Waals surface area contributed by atoms with Crippen molar-refractivity contribution in [3.8, 4) is 0 Å². The maximum atomic E-state index is 8.83. The highest BCUT2D eigenvalue weighted by atomic mass is 16.3. The predicted octanol–water partition coefficient (Wildman–Crippen LogP) is 2.80. The molecule has 0 saturated carbocycles. The Morgan fingerprint density at radius 1 is 1.67 bits per heavy atom. The van der Waals surface area contributed by atoms with Gasteiger partial charge in [0.25, 0.3) is 0 Å². The standard InChI is InChI=1S/C8H14O/c1-3-5-6-7-8(9)4-2/h4,7,9H,2-3,5-6H2,1H3. The van der Waals surface area contributed by atoms with Gasteiger partial charge in [0.2, 0.25) is 0 Å². The molecule has 0 radical (unpaired) electrons. The van der Waals surface area contributed by atoms with Crippen LogP contribution in [0.5, 0.6) is 0 Å². The number of unbranched alkanes of at least 4 members (excludes halogenated alkanes) is 2. The molecule has 0 aromatic heterocycles.